The van der Waals surface area contributed by atoms with Gasteiger partial charge in [0.1, 0.15) is 5.69 Å². The van der Waals surface area contributed by atoms with Crippen molar-refractivity contribution in [1.29, 1.82) is 0 Å². The minimum atomic E-state index is -0.157. The van der Waals surface area contributed by atoms with Gasteiger partial charge in [-0.3, -0.25) is 9.78 Å². The van der Waals surface area contributed by atoms with Crippen LogP contribution in [0.2, 0.25) is 0 Å². The van der Waals surface area contributed by atoms with Gasteiger partial charge in [-0.2, -0.15) is 5.10 Å². The van der Waals surface area contributed by atoms with E-state index in [1.807, 2.05) is 49.4 Å². The van der Waals surface area contributed by atoms with E-state index < -0.39 is 0 Å². The highest BCUT2D eigenvalue weighted by molar-refractivity contribution is 7.09. The predicted octanol–water partition coefficient (Wildman–Crippen LogP) is 5.34. The first-order chi connectivity index (χ1) is 16.7. The molecular formula is C27H23N5OS. The monoisotopic (exact) mass is 465 g/mol. The second kappa shape index (κ2) is 9.80. The molecule has 0 fully saturated rings. The fraction of sp³-hybridized carbons (Fsp3) is 0.111. The number of carbonyl (C=O) groups is 1. The van der Waals surface area contributed by atoms with Crippen LogP contribution in [0.25, 0.3) is 28.2 Å². The SMILES string of the molecule is Cc1nc(-c2ccc(CCNC(=O)c3cn(-c4ccccc4)nc3-c3cccnc3)cc2)cs1. The van der Waals surface area contributed by atoms with E-state index in [1.54, 1.807) is 34.6 Å². The number of nitrogens with zero attached hydrogens (tertiary/aromatic N) is 4. The number of carbonyl (C=O) groups excluding carboxylic acids is 1. The quantitative estimate of drug-likeness (QED) is 0.352. The zero-order valence-corrected chi connectivity index (χ0v) is 19.5. The Morgan fingerprint density at radius 1 is 1.00 bits per heavy atom. The predicted molar refractivity (Wildman–Crippen MR) is 135 cm³/mol. The Labute approximate surface area is 202 Å². The lowest BCUT2D eigenvalue weighted by molar-refractivity contribution is 0.0954. The molecule has 3 heterocycles. The van der Waals surface area contributed by atoms with Gasteiger partial charge in [0.2, 0.25) is 0 Å². The zero-order valence-electron chi connectivity index (χ0n) is 18.7. The molecule has 0 aliphatic carbocycles. The van der Waals surface area contributed by atoms with E-state index in [9.17, 15) is 4.79 Å². The van der Waals surface area contributed by atoms with Crippen LogP contribution in [-0.2, 0) is 6.42 Å². The molecule has 34 heavy (non-hydrogen) atoms. The lowest BCUT2D eigenvalue weighted by atomic mass is 10.1. The van der Waals surface area contributed by atoms with Gasteiger partial charge in [-0.15, -0.1) is 11.3 Å². The maximum atomic E-state index is 13.1. The second-order valence-corrected chi connectivity index (χ2v) is 8.93. The molecule has 5 rings (SSSR count). The number of nitrogens with one attached hydrogen (secondary N) is 1. The molecule has 0 aliphatic heterocycles. The Kier molecular flexibility index (Phi) is 6.27. The van der Waals surface area contributed by atoms with Crippen molar-refractivity contribution in [2.45, 2.75) is 13.3 Å². The van der Waals surface area contributed by atoms with Crippen LogP contribution >= 0.6 is 11.3 Å². The summed E-state index contributed by atoms with van der Waals surface area (Å²) in [5.41, 5.74) is 6.08. The van der Waals surface area contributed by atoms with Crippen molar-refractivity contribution in [3.63, 3.8) is 0 Å². The number of hydrogen-bond acceptors (Lipinski definition) is 5. The van der Waals surface area contributed by atoms with Crippen molar-refractivity contribution in [2.75, 3.05) is 6.54 Å². The van der Waals surface area contributed by atoms with Crippen molar-refractivity contribution in [3.05, 3.63) is 107 Å². The molecule has 7 heteroatoms. The van der Waals surface area contributed by atoms with Crippen LogP contribution in [0.4, 0.5) is 0 Å². The number of rotatable bonds is 7. The Bertz CT molecular complexity index is 1390. The summed E-state index contributed by atoms with van der Waals surface area (Å²) in [6.45, 7) is 2.53. The van der Waals surface area contributed by atoms with E-state index in [0.29, 0.717) is 17.8 Å². The Morgan fingerprint density at radius 3 is 2.53 bits per heavy atom. The van der Waals surface area contributed by atoms with Gasteiger partial charge in [0.25, 0.3) is 5.91 Å². The van der Waals surface area contributed by atoms with Crippen LogP contribution in [0.3, 0.4) is 0 Å². The molecule has 0 unspecified atom stereocenters. The van der Waals surface area contributed by atoms with Gasteiger partial charge in [0.15, 0.2) is 0 Å². The third-order valence-electron chi connectivity index (χ3n) is 5.48. The van der Waals surface area contributed by atoms with Gasteiger partial charge < -0.3 is 5.32 Å². The highest BCUT2D eigenvalue weighted by Gasteiger charge is 2.18. The molecule has 0 radical (unpaired) electrons. The summed E-state index contributed by atoms with van der Waals surface area (Å²) in [6, 6.07) is 21.8. The van der Waals surface area contributed by atoms with Crippen molar-refractivity contribution in [2.24, 2.45) is 0 Å². The summed E-state index contributed by atoms with van der Waals surface area (Å²) in [5.74, 6) is -0.157. The van der Waals surface area contributed by atoms with E-state index in [4.69, 9.17) is 0 Å². The normalized spacial score (nSPS) is 10.9. The molecule has 168 valence electrons. The molecule has 0 atom stereocenters. The summed E-state index contributed by atoms with van der Waals surface area (Å²) in [4.78, 5) is 21.8. The van der Waals surface area contributed by atoms with Crippen LogP contribution in [0.1, 0.15) is 20.9 Å². The number of pyridine rings is 1. The summed E-state index contributed by atoms with van der Waals surface area (Å²) >= 11 is 1.65. The second-order valence-electron chi connectivity index (χ2n) is 7.87. The number of para-hydroxylation sites is 1. The number of amides is 1. The number of benzene rings is 2. The molecule has 1 amide bonds. The number of aryl methyl sites for hydroxylation is 1. The van der Waals surface area contributed by atoms with Crippen LogP contribution in [0.15, 0.2) is 90.7 Å². The zero-order chi connectivity index (χ0) is 23.3. The maximum Gasteiger partial charge on any atom is 0.255 e. The van der Waals surface area contributed by atoms with Crippen LogP contribution in [0, 0.1) is 6.92 Å². The Morgan fingerprint density at radius 2 is 1.82 bits per heavy atom. The molecule has 0 saturated heterocycles. The van der Waals surface area contributed by atoms with E-state index in [-0.39, 0.29) is 5.91 Å². The maximum absolute atomic E-state index is 13.1. The van der Waals surface area contributed by atoms with E-state index in [2.05, 4.69) is 50.0 Å². The smallest absolute Gasteiger partial charge is 0.255 e. The third-order valence-corrected chi connectivity index (χ3v) is 6.26. The van der Waals surface area contributed by atoms with Crippen LogP contribution in [0.5, 0.6) is 0 Å². The summed E-state index contributed by atoms with van der Waals surface area (Å²) in [7, 11) is 0. The number of thiazole rings is 1. The minimum absolute atomic E-state index is 0.157. The molecule has 1 N–H and O–H groups in total. The molecule has 0 saturated carbocycles. The van der Waals surface area contributed by atoms with Gasteiger partial charge in [0.05, 0.1) is 22.0 Å². The first kappa shape index (κ1) is 21.7. The van der Waals surface area contributed by atoms with Crippen molar-refractivity contribution in [3.8, 4) is 28.2 Å². The van der Waals surface area contributed by atoms with Crippen molar-refractivity contribution in [1.82, 2.24) is 25.1 Å². The number of aromatic nitrogens is 4. The Hall–Kier alpha value is -4.10. The Balaban J connectivity index is 1.30. The molecule has 0 bridgehead atoms. The molecule has 6 nitrogen and oxygen atoms in total. The topological polar surface area (TPSA) is 72.7 Å². The van der Waals surface area contributed by atoms with Gasteiger partial charge in [0, 0.05) is 41.6 Å². The van der Waals surface area contributed by atoms with Gasteiger partial charge in [-0.1, -0.05) is 42.5 Å². The van der Waals surface area contributed by atoms with Crippen LogP contribution in [-0.4, -0.2) is 32.2 Å². The lowest BCUT2D eigenvalue weighted by Gasteiger charge is -2.06. The average Bonchev–Trinajstić information content (AvgIpc) is 3.53. The number of hydrogen-bond donors (Lipinski definition) is 1. The minimum Gasteiger partial charge on any atom is -0.352 e. The standard InChI is InChI=1S/C27H23N5OS/c1-19-30-25(18-34-19)21-11-9-20(10-12-21)13-15-29-27(33)24-17-32(23-7-3-2-4-8-23)31-26(24)22-6-5-14-28-16-22/h2-12,14,16-18H,13,15H2,1H3,(H,29,33). The third kappa shape index (κ3) is 4.79. The van der Waals surface area contributed by atoms with Crippen molar-refractivity contribution >= 4 is 17.2 Å². The fourth-order valence-corrected chi connectivity index (χ4v) is 4.34. The summed E-state index contributed by atoms with van der Waals surface area (Å²) < 4.78 is 1.73. The lowest BCUT2D eigenvalue weighted by Crippen LogP contribution is -2.25. The van der Waals surface area contributed by atoms with Crippen LogP contribution < -0.4 is 5.32 Å². The van der Waals surface area contributed by atoms with Gasteiger partial charge in [-0.25, -0.2) is 9.67 Å². The first-order valence-corrected chi connectivity index (χ1v) is 11.9. The van der Waals surface area contributed by atoms with Gasteiger partial charge >= 0.3 is 0 Å². The van der Waals surface area contributed by atoms with Gasteiger partial charge in [-0.05, 0) is 43.2 Å². The molecule has 5 aromatic rings. The first-order valence-electron chi connectivity index (χ1n) is 11.0. The van der Waals surface area contributed by atoms with E-state index >= 15 is 0 Å². The summed E-state index contributed by atoms with van der Waals surface area (Å²) in [6.07, 6.45) is 5.94. The fourth-order valence-electron chi connectivity index (χ4n) is 3.72. The molecule has 0 aliphatic rings. The molecule has 3 aromatic heterocycles. The highest BCUT2D eigenvalue weighted by Crippen LogP contribution is 2.24. The summed E-state index contributed by atoms with van der Waals surface area (Å²) in [5, 5.41) is 10.9. The van der Waals surface area contributed by atoms with Crippen molar-refractivity contribution < 1.29 is 4.79 Å². The van der Waals surface area contributed by atoms with E-state index in [1.165, 1.54) is 0 Å². The molecule has 2 aromatic carbocycles. The highest BCUT2D eigenvalue weighted by atomic mass is 32.1. The van der Waals surface area contributed by atoms with E-state index in [0.717, 1.165) is 39.5 Å². The molecular weight excluding hydrogens is 442 g/mol. The largest absolute Gasteiger partial charge is 0.352 e. The molecule has 0 spiro atoms. The average molecular weight is 466 g/mol.